The van der Waals surface area contributed by atoms with Crippen molar-refractivity contribution in [2.45, 2.75) is 52.6 Å². The zero-order chi connectivity index (χ0) is 39.6. The van der Waals surface area contributed by atoms with Crippen molar-refractivity contribution < 1.29 is 38.0 Å². The summed E-state index contributed by atoms with van der Waals surface area (Å²) in [7, 11) is 0. The number of halogens is 1. The average molecular weight is 799 g/mol. The van der Waals surface area contributed by atoms with Crippen LogP contribution in [0.15, 0.2) is 48.5 Å². The molecule has 4 rings (SSSR count). The van der Waals surface area contributed by atoms with E-state index in [2.05, 4.69) is 78.9 Å². The molecule has 0 aliphatic heterocycles. The van der Waals surface area contributed by atoms with E-state index in [0.29, 0.717) is 89.2 Å². The van der Waals surface area contributed by atoms with Gasteiger partial charge in [0.05, 0.1) is 71.7 Å². The van der Waals surface area contributed by atoms with Crippen molar-refractivity contribution >= 4 is 23.4 Å². The molecule has 2 heterocycles. The van der Waals surface area contributed by atoms with Crippen molar-refractivity contribution in [1.82, 2.24) is 40.8 Å². The largest absolute Gasteiger partial charge is 0.379 e. The number of carbonyl (C=O) groups excluding carboxylic acids is 2. The second-order valence-corrected chi connectivity index (χ2v) is 13.0. The van der Waals surface area contributed by atoms with Crippen LogP contribution < -0.4 is 10.6 Å². The topological polar surface area (TPSA) is 186 Å². The van der Waals surface area contributed by atoms with Crippen LogP contribution in [0.25, 0.3) is 22.5 Å². The molecule has 0 unspecified atom stereocenters. The SMILES string of the molecule is CCCCc1nc(Cl)c(CNC(=O)COCC(=O)NCCOCCOCCOCCOCCOCCC)n1Cc1ccc(-c2ccccc2-c2nn[nH]n2)cc1. The van der Waals surface area contributed by atoms with Gasteiger partial charge in [-0.1, -0.05) is 80.4 Å². The van der Waals surface area contributed by atoms with Crippen LogP contribution in [0.2, 0.25) is 5.15 Å². The number of hydrogen-bond acceptors (Lipinski definition) is 12. The first kappa shape index (κ1) is 44.4. The summed E-state index contributed by atoms with van der Waals surface area (Å²) in [6, 6.07) is 16.1. The molecule has 56 heavy (non-hydrogen) atoms. The minimum Gasteiger partial charge on any atom is -0.379 e. The maximum Gasteiger partial charge on any atom is 0.246 e. The standard InChI is InChI=1S/C39H55ClN8O8/c1-3-5-10-35-43-38(40)34(48(35)27-30-11-13-31(14-12-30)32-8-6-7-9-33(32)39-44-46-47-45-39)26-42-37(50)29-56-28-36(49)41-15-17-52-19-21-54-23-25-55-24-22-53-20-18-51-16-4-2/h6-9,11-14H,3-5,10,15-29H2,1-2H3,(H,41,49)(H,42,50)(H,44,45,46,47). The molecule has 16 nitrogen and oxygen atoms in total. The molecule has 0 atom stereocenters. The fourth-order valence-electron chi connectivity index (χ4n) is 5.47. The van der Waals surface area contributed by atoms with E-state index in [1.165, 1.54) is 0 Å². The number of nitrogens with one attached hydrogen (secondary N) is 3. The Morgan fingerprint density at radius 2 is 1.34 bits per heavy atom. The summed E-state index contributed by atoms with van der Waals surface area (Å²) < 4.78 is 34.6. The van der Waals surface area contributed by atoms with Gasteiger partial charge in [0, 0.05) is 31.7 Å². The number of unbranched alkanes of at least 4 members (excludes halogenated alkanes) is 1. The van der Waals surface area contributed by atoms with E-state index < -0.39 is 0 Å². The van der Waals surface area contributed by atoms with Crippen molar-refractivity contribution in [3.63, 3.8) is 0 Å². The Morgan fingerprint density at radius 3 is 1.95 bits per heavy atom. The third kappa shape index (κ3) is 16.1. The van der Waals surface area contributed by atoms with Crippen molar-refractivity contribution in [2.75, 3.05) is 85.8 Å². The second-order valence-electron chi connectivity index (χ2n) is 12.6. The lowest BCUT2D eigenvalue weighted by atomic mass is 9.98. The quantitative estimate of drug-likeness (QED) is 0.0645. The molecule has 2 aromatic heterocycles. The van der Waals surface area contributed by atoms with Crippen molar-refractivity contribution in [2.24, 2.45) is 0 Å². The number of aromatic nitrogens is 6. The van der Waals surface area contributed by atoms with Gasteiger partial charge in [-0.3, -0.25) is 9.59 Å². The number of imidazole rings is 1. The van der Waals surface area contributed by atoms with Gasteiger partial charge in [0.2, 0.25) is 17.6 Å². The zero-order valence-corrected chi connectivity index (χ0v) is 33.2. The highest BCUT2D eigenvalue weighted by atomic mass is 35.5. The molecule has 0 spiro atoms. The minimum absolute atomic E-state index is 0.154. The number of tetrazole rings is 1. The molecule has 0 aliphatic carbocycles. The second kappa shape index (κ2) is 26.5. The Hall–Kier alpha value is -4.29. The summed E-state index contributed by atoms with van der Waals surface area (Å²) >= 11 is 6.62. The lowest BCUT2D eigenvalue weighted by Gasteiger charge is -2.14. The van der Waals surface area contributed by atoms with Crippen LogP contribution in [0, 0.1) is 0 Å². The van der Waals surface area contributed by atoms with Gasteiger partial charge in [0.15, 0.2) is 5.15 Å². The lowest BCUT2D eigenvalue weighted by Crippen LogP contribution is -2.33. The van der Waals surface area contributed by atoms with Crippen LogP contribution in [0.3, 0.4) is 0 Å². The number of nitrogens with zero attached hydrogens (tertiary/aromatic N) is 5. The van der Waals surface area contributed by atoms with E-state index in [1.807, 2.05) is 24.3 Å². The van der Waals surface area contributed by atoms with Crippen LogP contribution in [0.1, 0.15) is 50.2 Å². The highest BCUT2D eigenvalue weighted by Crippen LogP contribution is 2.30. The average Bonchev–Trinajstić information content (AvgIpc) is 3.85. The summed E-state index contributed by atoms with van der Waals surface area (Å²) in [5, 5.41) is 20.4. The summed E-state index contributed by atoms with van der Waals surface area (Å²) in [5.74, 6) is 0.650. The maximum atomic E-state index is 12.7. The van der Waals surface area contributed by atoms with Crippen LogP contribution in [0.4, 0.5) is 0 Å². The number of rotatable bonds is 30. The Bertz CT molecular complexity index is 1690. The van der Waals surface area contributed by atoms with Crippen LogP contribution in [-0.4, -0.2) is 128 Å². The van der Waals surface area contributed by atoms with Crippen molar-refractivity contribution in [1.29, 1.82) is 0 Å². The molecule has 0 aliphatic rings. The van der Waals surface area contributed by atoms with Gasteiger partial charge in [-0.2, -0.15) is 5.21 Å². The summed E-state index contributed by atoms with van der Waals surface area (Å²) in [6.07, 6.45) is 3.70. The van der Waals surface area contributed by atoms with Gasteiger partial charge < -0.3 is 43.6 Å². The number of aromatic amines is 1. The minimum atomic E-state index is -0.378. The number of carbonyl (C=O) groups is 2. The summed E-state index contributed by atoms with van der Waals surface area (Å²) in [6.45, 7) is 9.62. The van der Waals surface area contributed by atoms with Crippen LogP contribution in [0.5, 0.6) is 0 Å². The molecule has 306 valence electrons. The van der Waals surface area contributed by atoms with E-state index in [4.69, 9.17) is 40.0 Å². The molecule has 3 N–H and O–H groups in total. The van der Waals surface area contributed by atoms with E-state index in [-0.39, 0.29) is 31.6 Å². The molecular formula is C39H55ClN8O8. The normalized spacial score (nSPS) is 11.3. The maximum absolute atomic E-state index is 12.7. The fourth-order valence-corrected chi connectivity index (χ4v) is 5.74. The summed E-state index contributed by atoms with van der Waals surface area (Å²) in [4.78, 5) is 29.5. The first-order chi connectivity index (χ1) is 27.5. The molecular weight excluding hydrogens is 744 g/mol. The van der Waals surface area contributed by atoms with Gasteiger partial charge in [0.1, 0.15) is 19.0 Å². The fraction of sp³-hybridized carbons (Fsp3) is 0.538. The van der Waals surface area contributed by atoms with E-state index >= 15 is 0 Å². The Balaban J connectivity index is 1.11. The Morgan fingerprint density at radius 1 is 0.732 bits per heavy atom. The van der Waals surface area contributed by atoms with Gasteiger partial charge in [0.25, 0.3) is 0 Å². The third-order valence-corrected chi connectivity index (χ3v) is 8.60. The zero-order valence-electron chi connectivity index (χ0n) is 32.4. The molecule has 2 aromatic carbocycles. The van der Waals surface area contributed by atoms with E-state index in [1.54, 1.807) is 0 Å². The Labute approximate surface area is 333 Å². The third-order valence-electron chi connectivity index (χ3n) is 8.30. The molecule has 0 fully saturated rings. The number of aryl methyl sites for hydroxylation is 1. The monoisotopic (exact) mass is 798 g/mol. The van der Waals surface area contributed by atoms with Gasteiger partial charge in [-0.05, 0) is 34.7 Å². The summed E-state index contributed by atoms with van der Waals surface area (Å²) in [5.41, 5.74) is 4.62. The van der Waals surface area contributed by atoms with Crippen LogP contribution in [-0.2, 0) is 57.5 Å². The molecule has 0 bridgehead atoms. The van der Waals surface area contributed by atoms with E-state index in [9.17, 15) is 9.59 Å². The Kier molecular flexibility index (Phi) is 21.1. The predicted octanol–water partition coefficient (Wildman–Crippen LogP) is 4.02. The smallest absolute Gasteiger partial charge is 0.246 e. The lowest BCUT2D eigenvalue weighted by molar-refractivity contribution is -0.131. The van der Waals surface area contributed by atoms with Gasteiger partial charge in [-0.25, -0.2) is 4.98 Å². The molecule has 0 saturated carbocycles. The van der Waals surface area contributed by atoms with Gasteiger partial charge >= 0.3 is 0 Å². The molecule has 2 amide bonds. The predicted molar refractivity (Wildman–Crippen MR) is 210 cm³/mol. The molecule has 0 radical (unpaired) electrons. The van der Waals surface area contributed by atoms with Crippen molar-refractivity contribution in [3.05, 3.63) is 70.8 Å². The number of hydrogen-bond donors (Lipinski definition) is 3. The highest BCUT2D eigenvalue weighted by Gasteiger charge is 2.18. The first-order valence-electron chi connectivity index (χ1n) is 19.2. The van der Waals surface area contributed by atoms with E-state index in [0.717, 1.165) is 60.4 Å². The van der Waals surface area contributed by atoms with Crippen LogP contribution >= 0.6 is 11.6 Å². The highest BCUT2D eigenvalue weighted by molar-refractivity contribution is 6.30. The number of amides is 2. The van der Waals surface area contributed by atoms with Gasteiger partial charge in [-0.15, -0.1) is 10.2 Å². The number of H-pyrrole nitrogens is 1. The molecule has 17 heteroatoms. The number of benzene rings is 2. The van der Waals surface area contributed by atoms with Crippen molar-refractivity contribution in [3.8, 4) is 22.5 Å². The number of ether oxygens (including phenoxy) is 6. The first-order valence-corrected chi connectivity index (χ1v) is 19.5. The molecule has 0 saturated heterocycles. The molecule has 4 aromatic rings.